The van der Waals surface area contributed by atoms with Crippen molar-refractivity contribution in [2.45, 2.75) is 0 Å². The molecule has 1 aliphatic heterocycles. The van der Waals surface area contributed by atoms with E-state index in [1.165, 1.54) is 11.8 Å². The average Bonchev–Trinajstić information content (AvgIpc) is 1.87. The van der Waals surface area contributed by atoms with E-state index in [1.807, 2.05) is 0 Å². The SMILES string of the molecule is NC1=NC(=[NH2+])SC1. The Labute approximate surface area is 45.5 Å². The third-order valence-electron chi connectivity index (χ3n) is 0.622. The molecule has 0 bridgehead atoms. The summed E-state index contributed by atoms with van der Waals surface area (Å²) in [6, 6.07) is 0. The van der Waals surface area contributed by atoms with Gasteiger partial charge in [0.15, 0.2) is 0 Å². The molecule has 1 rings (SSSR count). The Morgan fingerprint density at radius 2 is 2.57 bits per heavy atom. The molecule has 1 aliphatic rings. The standard InChI is InChI=1S/C3H5N3S/c4-2-1-7-3(5)6-2/h1H2,(H3,4,5,6)/p+1. The molecule has 0 aromatic carbocycles. The van der Waals surface area contributed by atoms with E-state index < -0.39 is 0 Å². The van der Waals surface area contributed by atoms with Crippen molar-refractivity contribution in [2.75, 3.05) is 5.75 Å². The molecular formula is C3H6N3S+. The van der Waals surface area contributed by atoms with Crippen LogP contribution < -0.4 is 11.1 Å². The Balaban J connectivity index is 2.67. The fourth-order valence-corrected chi connectivity index (χ4v) is 0.896. The van der Waals surface area contributed by atoms with Gasteiger partial charge in [-0.2, -0.15) is 0 Å². The highest BCUT2D eigenvalue weighted by molar-refractivity contribution is 8.14. The molecule has 0 saturated heterocycles. The van der Waals surface area contributed by atoms with E-state index >= 15 is 0 Å². The summed E-state index contributed by atoms with van der Waals surface area (Å²) in [6.45, 7) is 0. The Morgan fingerprint density at radius 1 is 1.86 bits per heavy atom. The topological polar surface area (TPSA) is 64.0 Å². The number of hydrogen-bond donors (Lipinski definition) is 2. The third-order valence-corrected chi connectivity index (χ3v) is 1.45. The molecule has 3 nitrogen and oxygen atoms in total. The lowest BCUT2D eigenvalue weighted by molar-refractivity contribution is -0.109. The second-order valence-corrected chi connectivity index (χ2v) is 2.23. The second-order valence-electron chi connectivity index (χ2n) is 1.23. The van der Waals surface area contributed by atoms with Gasteiger partial charge in [-0.05, 0) is 16.8 Å². The van der Waals surface area contributed by atoms with Gasteiger partial charge in [0.2, 0.25) is 5.84 Å². The van der Waals surface area contributed by atoms with Gasteiger partial charge in [-0.1, -0.05) is 0 Å². The zero-order chi connectivity index (χ0) is 5.28. The van der Waals surface area contributed by atoms with Crippen LogP contribution >= 0.6 is 11.8 Å². The molecule has 38 valence electrons. The van der Waals surface area contributed by atoms with Crippen molar-refractivity contribution in [3.63, 3.8) is 0 Å². The summed E-state index contributed by atoms with van der Waals surface area (Å²) in [5.74, 6) is 1.38. The lowest BCUT2D eigenvalue weighted by Crippen LogP contribution is -2.35. The molecule has 0 unspecified atom stereocenters. The number of amidine groups is 2. The van der Waals surface area contributed by atoms with Gasteiger partial charge in [-0.15, -0.1) is 0 Å². The highest BCUT2D eigenvalue weighted by atomic mass is 32.2. The zero-order valence-electron chi connectivity index (χ0n) is 3.72. The minimum atomic E-state index is 0.581. The summed E-state index contributed by atoms with van der Waals surface area (Å²) in [5.41, 5.74) is 5.25. The zero-order valence-corrected chi connectivity index (χ0v) is 4.53. The number of aliphatic imine (C=N–C) groups is 1. The smallest absolute Gasteiger partial charge is 0.352 e. The Hall–Kier alpha value is -0.510. The average molecular weight is 116 g/mol. The van der Waals surface area contributed by atoms with Crippen molar-refractivity contribution in [3.05, 3.63) is 0 Å². The summed E-state index contributed by atoms with van der Waals surface area (Å²) in [5, 5.41) is 5.82. The first-order chi connectivity index (χ1) is 3.29. The van der Waals surface area contributed by atoms with Crippen LogP contribution in [0, 0.1) is 0 Å². The summed E-state index contributed by atoms with van der Waals surface area (Å²) in [4.78, 5) is 3.74. The van der Waals surface area contributed by atoms with Gasteiger partial charge >= 0.3 is 5.17 Å². The van der Waals surface area contributed by atoms with E-state index in [0.29, 0.717) is 11.0 Å². The lowest BCUT2D eigenvalue weighted by Gasteiger charge is -1.70. The first kappa shape index (κ1) is 4.64. The maximum Gasteiger partial charge on any atom is 0.352 e. The molecule has 0 aliphatic carbocycles. The largest absolute Gasteiger partial charge is 0.366 e. The van der Waals surface area contributed by atoms with Crippen LogP contribution in [0.1, 0.15) is 0 Å². The molecule has 0 amide bonds. The summed E-state index contributed by atoms with van der Waals surface area (Å²) >= 11 is 1.47. The van der Waals surface area contributed by atoms with Gasteiger partial charge in [-0.3, -0.25) is 5.41 Å². The van der Waals surface area contributed by atoms with Crippen molar-refractivity contribution < 1.29 is 5.41 Å². The highest BCUT2D eigenvalue weighted by Crippen LogP contribution is 2.06. The van der Waals surface area contributed by atoms with E-state index in [-0.39, 0.29) is 0 Å². The molecule has 0 aromatic rings. The van der Waals surface area contributed by atoms with Crippen LogP contribution in [0.2, 0.25) is 0 Å². The van der Waals surface area contributed by atoms with Crippen LogP contribution in [0.15, 0.2) is 4.99 Å². The van der Waals surface area contributed by atoms with Crippen LogP contribution in [0.25, 0.3) is 0 Å². The predicted octanol–water partition coefficient (Wildman–Crippen LogP) is -1.79. The normalized spacial score (nSPS) is 20.0. The molecule has 0 atom stereocenters. The van der Waals surface area contributed by atoms with Crippen LogP contribution in [0.5, 0.6) is 0 Å². The number of nitrogens with zero attached hydrogens (tertiary/aromatic N) is 1. The maximum atomic E-state index is 5.25. The lowest BCUT2D eigenvalue weighted by atomic mass is 10.7. The van der Waals surface area contributed by atoms with E-state index in [9.17, 15) is 0 Å². The number of rotatable bonds is 0. The van der Waals surface area contributed by atoms with E-state index in [0.717, 1.165) is 5.75 Å². The maximum absolute atomic E-state index is 5.25. The third kappa shape index (κ3) is 0.928. The first-order valence-electron chi connectivity index (χ1n) is 1.87. The van der Waals surface area contributed by atoms with Crippen LogP contribution in [-0.4, -0.2) is 16.8 Å². The summed E-state index contributed by atoms with van der Waals surface area (Å²) in [6.07, 6.45) is 0. The first-order valence-corrected chi connectivity index (χ1v) is 2.86. The van der Waals surface area contributed by atoms with Gasteiger partial charge in [-0.25, -0.2) is 0 Å². The molecule has 0 saturated carbocycles. The van der Waals surface area contributed by atoms with Crippen LogP contribution in [0.4, 0.5) is 0 Å². The van der Waals surface area contributed by atoms with Gasteiger partial charge in [0.25, 0.3) is 0 Å². The van der Waals surface area contributed by atoms with Gasteiger partial charge in [0, 0.05) is 0 Å². The fourth-order valence-electron chi connectivity index (χ4n) is 0.354. The number of thioether (sulfide) groups is 1. The quantitative estimate of drug-likeness (QED) is 0.392. The molecule has 0 spiro atoms. The molecule has 0 aromatic heterocycles. The van der Waals surface area contributed by atoms with E-state index in [2.05, 4.69) is 4.99 Å². The molecule has 0 radical (unpaired) electrons. The van der Waals surface area contributed by atoms with Crippen molar-refractivity contribution >= 4 is 22.8 Å². The fraction of sp³-hybridized carbons (Fsp3) is 0.333. The molecular weight excluding hydrogens is 110 g/mol. The minimum absolute atomic E-state index is 0.581. The monoisotopic (exact) mass is 116 g/mol. The summed E-state index contributed by atoms with van der Waals surface area (Å²) < 4.78 is 0. The van der Waals surface area contributed by atoms with Crippen LogP contribution in [0.3, 0.4) is 0 Å². The molecule has 0 fully saturated rings. The van der Waals surface area contributed by atoms with Crippen molar-refractivity contribution in [2.24, 2.45) is 10.7 Å². The van der Waals surface area contributed by atoms with Crippen molar-refractivity contribution in [3.8, 4) is 0 Å². The Kier molecular flexibility index (Phi) is 1.02. The molecule has 4 heteroatoms. The van der Waals surface area contributed by atoms with Gasteiger partial charge in [0.05, 0.1) is 5.75 Å². The van der Waals surface area contributed by atoms with Crippen molar-refractivity contribution in [1.29, 1.82) is 0 Å². The van der Waals surface area contributed by atoms with Gasteiger partial charge < -0.3 is 5.73 Å². The molecule has 4 N–H and O–H groups in total. The minimum Gasteiger partial charge on any atom is -0.366 e. The Bertz CT molecular complexity index is 128. The van der Waals surface area contributed by atoms with Crippen molar-refractivity contribution in [1.82, 2.24) is 0 Å². The predicted molar refractivity (Wildman–Crippen MR) is 31.0 cm³/mol. The number of nitrogens with two attached hydrogens (primary N) is 2. The van der Waals surface area contributed by atoms with Gasteiger partial charge in [0.1, 0.15) is 0 Å². The Morgan fingerprint density at radius 3 is 2.71 bits per heavy atom. The number of hydrogen-bond acceptors (Lipinski definition) is 2. The molecule has 7 heavy (non-hydrogen) atoms. The van der Waals surface area contributed by atoms with Crippen LogP contribution in [-0.2, 0) is 0 Å². The molecule has 1 heterocycles. The highest BCUT2D eigenvalue weighted by Gasteiger charge is 2.16. The van der Waals surface area contributed by atoms with E-state index in [1.54, 1.807) is 0 Å². The van der Waals surface area contributed by atoms with E-state index in [4.69, 9.17) is 11.1 Å². The summed E-state index contributed by atoms with van der Waals surface area (Å²) in [7, 11) is 0. The second kappa shape index (κ2) is 1.54.